The van der Waals surface area contributed by atoms with E-state index in [1.54, 1.807) is 17.0 Å². The van der Waals surface area contributed by atoms with Crippen molar-refractivity contribution in [2.24, 2.45) is 17.0 Å². The van der Waals surface area contributed by atoms with Crippen LogP contribution in [-0.4, -0.2) is 62.8 Å². The van der Waals surface area contributed by atoms with Crippen molar-refractivity contribution in [1.29, 1.82) is 0 Å². The van der Waals surface area contributed by atoms with Gasteiger partial charge in [0.05, 0.1) is 10.0 Å². The van der Waals surface area contributed by atoms with Crippen LogP contribution in [0.2, 0.25) is 10.0 Å². The van der Waals surface area contributed by atoms with Gasteiger partial charge in [0, 0.05) is 31.2 Å². The molecule has 7 nitrogen and oxygen atoms in total. The van der Waals surface area contributed by atoms with E-state index in [1.807, 2.05) is 6.07 Å². The summed E-state index contributed by atoms with van der Waals surface area (Å²) < 4.78 is 24.6. The van der Waals surface area contributed by atoms with E-state index in [2.05, 4.69) is 35.2 Å². The van der Waals surface area contributed by atoms with Crippen molar-refractivity contribution >= 4 is 45.0 Å². The number of likely N-dealkylation sites (tertiary alicyclic amines) is 1. The molecule has 0 radical (unpaired) electrons. The summed E-state index contributed by atoms with van der Waals surface area (Å²) in [7, 11) is -3.74. The second kappa shape index (κ2) is 12.9. The van der Waals surface area contributed by atoms with Gasteiger partial charge in [-0.3, -0.25) is 4.79 Å². The van der Waals surface area contributed by atoms with Crippen LogP contribution in [0.3, 0.4) is 0 Å². The van der Waals surface area contributed by atoms with Gasteiger partial charge in [0.1, 0.15) is 0 Å². The molecule has 0 aliphatic carbocycles. The van der Waals surface area contributed by atoms with Gasteiger partial charge >= 0.3 is 0 Å². The van der Waals surface area contributed by atoms with Crippen molar-refractivity contribution in [1.82, 2.24) is 9.21 Å². The van der Waals surface area contributed by atoms with Gasteiger partial charge in [-0.05, 0) is 87.8 Å². The molecule has 0 atom stereocenters. The quantitative estimate of drug-likeness (QED) is 0.481. The molecule has 2 aromatic rings. The largest absolute Gasteiger partial charge is 0.312 e. The van der Waals surface area contributed by atoms with Crippen LogP contribution in [0.4, 0.5) is 5.69 Å². The molecule has 4 rings (SSSR count). The summed E-state index contributed by atoms with van der Waals surface area (Å²) in [6, 6.07) is 16.0. The molecular weight excluding hydrogens is 531 g/mol. The minimum absolute atomic E-state index is 0.00553. The molecule has 202 valence electrons. The first-order chi connectivity index (χ1) is 17.7. The van der Waals surface area contributed by atoms with E-state index in [9.17, 15) is 13.2 Å². The lowest BCUT2D eigenvalue weighted by Gasteiger charge is -2.34. The topological polar surface area (TPSA) is 86.9 Å². The van der Waals surface area contributed by atoms with Crippen molar-refractivity contribution in [3.8, 4) is 0 Å². The first kappa shape index (κ1) is 28.3. The highest BCUT2D eigenvalue weighted by Gasteiger charge is 2.32. The monoisotopic (exact) mass is 566 g/mol. The standard InChI is InChI=1S/C27H36Cl2N4O3S/c28-25-8-7-24(20-26(25)29)33(27(34)23-11-17-32(18-12-23)37(30,35)36)14-4-13-31-15-9-22(10-16-31)19-21-5-2-1-3-6-21/h1-3,5-8,20,22-23H,4,9-19H2,(H2,30,35,36). The smallest absolute Gasteiger partial charge is 0.276 e. The van der Waals surface area contributed by atoms with E-state index < -0.39 is 10.2 Å². The Bertz CT molecular complexity index is 1150. The predicted octanol–water partition coefficient (Wildman–Crippen LogP) is 4.59. The number of benzene rings is 2. The Morgan fingerprint density at radius 2 is 1.62 bits per heavy atom. The molecule has 2 fully saturated rings. The Morgan fingerprint density at radius 3 is 2.24 bits per heavy atom. The van der Waals surface area contributed by atoms with Crippen LogP contribution in [0, 0.1) is 11.8 Å². The number of nitrogens with zero attached hydrogens (tertiary/aromatic N) is 3. The third-order valence-electron chi connectivity index (χ3n) is 7.57. The number of carbonyl (C=O) groups is 1. The second-order valence-corrected chi connectivity index (χ2v) is 12.5. The molecule has 0 spiro atoms. The number of anilines is 1. The number of carbonyl (C=O) groups excluding carboxylic acids is 1. The Balaban J connectivity index is 1.33. The summed E-state index contributed by atoms with van der Waals surface area (Å²) in [5.74, 6) is 0.450. The number of nitrogens with two attached hydrogens (primary N) is 1. The molecule has 2 aliphatic heterocycles. The third-order valence-corrected chi connectivity index (χ3v) is 9.40. The zero-order valence-electron chi connectivity index (χ0n) is 21.1. The van der Waals surface area contributed by atoms with Crippen LogP contribution in [0.1, 0.15) is 37.7 Å². The molecule has 0 aromatic heterocycles. The van der Waals surface area contributed by atoms with Crippen molar-refractivity contribution in [2.75, 3.05) is 44.2 Å². The minimum Gasteiger partial charge on any atom is -0.312 e. The number of piperidine rings is 2. The van der Waals surface area contributed by atoms with Crippen LogP contribution in [-0.2, 0) is 21.4 Å². The SMILES string of the molecule is NS(=O)(=O)N1CCC(C(=O)N(CCCN2CCC(Cc3ccccc3)CC2)c2ccc(Cl)c(Cl)c2)CC1. The van der Waals surface area contributed by atoms with Crippen LogP contribution >= 0.6 is 23.2 Å². The van der Waals surface area contributed by atoms with Crippen molar-refractivity contribution < 1.29 is 13.2 Å². The zero-order valence-corrected chi connectivity index (χ0v) is 23.4. The lowest BCUT2D eigenvalue weighted by Crippen LogP contribution is -2.47. The van der Waals surface area contributed by atoms with E-state index in [0.717, 1.165) is 44.1 Å². The highest BCUT2D eigenvalue weighted by Crippen LogP contribution is 2.30. The fraction of sp³-hybridized carbons (Fsp3) is 0.519. The van der Waals surface area contributed by atoms with E-state index in [-0.39, 0.29) is 24.9 Å². The second-order valence-electron chi connectivity index (χ2n) is 10.1. The van der Waals surface area contributed by atoms with Crippen LogP contribution < -0.4 is 10.0 Å². The highest BCUT2D eigenvalue weighted by atomic mass is 35.5. The summed E-state index contributed by atoms with van der Waals surface area (Å²) in [5, 5.41) is 6.11. The summed E-state index contributed by atoms with van der Waals surface area (Å²) in [4.78, 5) is 17.9. The minimum atomic E-state index is -3.74. The molecule has 2 heterocycles. The van der Waals surface area contributed by atoms with Crippen LogP contribution in [0.5, 0.6) is 0 Å². The summed E-state index contributed by atoms with van der Waals surface area (Å²) >= 11 is 12.4. The van der Waals surface area contributed by atoms with Gasteiger partial charge in [0.25, 0.3) is 10.2 Å². The fourth-order valence-corrected chi connectivity index (χ4v) is 6.42. The predicted molar refractivity (Wildman–Crippen MR) is 150 cm³/mol. The molecule has 37 heavy (non-hydrogen) atoms. The highest BCUT2D eigenvalue weighted by molar-refractivity contribution is 7.86. The molecule has 10 heteroatoms. The number of hydrogen-bond donors (Lipinski definition) is 1. The van der Waals surface area contributed by atoms with Gasteiger partial charge in [-0.2, -0.15) is 12.7 Å². The number of hydrogen-bond acceptors (Lipinski definition) is 4. The summed E-state index contributed by atoms with van der Waals surface area (Å²) in [6.07, 6.45) is 5.24. The van der Waals surface area contributed by atoms with E-state index in [0.29, 0.717) is 29.4 Å². The van der Waals surface area contributed by atoms with E-state index in [4.69, 9.17) is 28.3 Å². The first-order valence-corrected chi connectivity index (χ1v) is 15.3. The van der Waals surface area contributed by atoms with Crippen molar-refractivity contribution in [2.45, 2.75) is 38.5 Å². The molecular formula is C27H36Cl2N4O3S. The van der Waals surface area contributed by atoms with Gasteiger partial charge in [-0.15, -0.1) is 0 Å². The summed E-state index contributed by atoms with van der Waals surface area (Å²) in [6.45, 7) is 4.14. The van der Waals surface area contributed by atoms with Crippen LogP contribution in [0.15, 0.2) is 48.5 Å². The maximum absolute atomic E-state index is 13.6. The first-order valence-electron chi connectivity index (χ1n) is 13.0. The van der Waals surface area contributed by atoms with Gasteiger partial charge in [0.2, 0.25) is 5.91 Å². The van der Waals surface area contributed by atoms with Crippen molar-refractivity contribution in [3.05, 3.63) is 64.1 Å². The Kier molecular flexibility index (Phi) is 9.89. The van der Waals surface area contributed by atoms with Crippen molar-refractivity contribution in [3.63, 3.8) is 0 Å². The molecule has 0 saturated carbocycles. The Labute approximate surface area is 230 Å². The molecule has 2 aromatic carbocycles. The van der Waals surface area contributed by atoms with Gasteiger partial charge < -0.3 is 9.80 Å². The Hall–Kier alpha value is -1.68. The average Bonchev–Trinajstić information content (AvgIpc) is 2.89. The zero-order chi connectivity index (χ0) is 26.4. The molecule has 2 aliphatic rings. The Morgan fingerprint density at radius 1 is 0.946 bits per heavy atom. The number of rotatable bonds is 9. The normalized spacial score (nSPS) is 18.7. The van der Waals surface area contributed by atoms with Gasteiger partial charge in [-0.25, -0.2) is 5.14 Å². The molecule has 1 amide bonds. The molecule has 2 N–H and O–H groups in total. The molecule has 0 unspecified atom stereocenters. The maximum atomic E-state index is 13.6. The average molecular weight is 568 g/mol. The number of halogens is 2. The van der Waals surface area contributed by atoms with E-state index in [1.165, 1.54) is 22.7 Å². The van der Waals surface area contributed by atoms with E-state index >= 15 is 0 Å². The van der Waals surface area contributed by atoms with Crippen LogP contribution in [0.25, 0.3) is 0 Å². The molecule has 0 bridgehead atoms. The lowest BCUT2D eigenvalue weighted by atomic mass is 9.90. The fourth-order valence-electron chi connectivity index (χ4n) is 5.41. The summed E-state index contributed by atoms with van der Waals surface area (Å²) in [5.41, 5.74) is 2.13. The van der Waals surface area contributed by atoms with Gasteiger partial charge in [-0.1, -0.05) is 53.5 Å². The van der Waals surface area contributed by atoms with Gasteiger partial charge in [0.15, 0.2) is 0 Å². The third kappa shape index (κ3) is 7.91. The maximum Gasteiger partial charge on any atom is 0.276 e. The number of amides is 1. The molecule has 2 saturated heterocycles. The lowest BCUT2D eigenvalue weighted by molar-refractivity contribution is -0.123.